The average molecular weight is 253 g/mol. The number of aromatic nitrogens is 2. The largest absolute Gasteiger partial charge is 0.367 e. The normalized spacial score (nSPS) is 20.3. The Bertz CT molecular complexity index is 415. The highest BCUT2D eigenvalue weighted by Crippen LogP contribution is 2.26. The number of nitrogens with zero attached hydrogens (tertiary/aromatic N) is 2. The first kappa shape index (κ1) is 11.2. The van der Waals surface area contributed by atoms with Gasteiger partial charge in [0.2, 0.25) is 5.28 Å². The maximum atomic E-state index is 5.98. The summed E-state index contributed by atoms with van der Waals surface area (Å²) in [5.41, 5.74) is 2.30. The average Bonchev–Trinajstić information content (AvgIpc) is 2.81. The van der Waals surface area contributed by atoms with Gasteiger partial charge in [0.15, 0.2) is 0 Å². The molecule has 1 aliphatic heterocycles. The van der Waals surface area contributed by atoms with Gasteiger partial charge in [0.1, 0.15) is 5.82 Å². The lowest BCUT2D eigenvalue weighted by Crippen LogP contribution is -2.28. The van der Waals surface area contributed by atoms with E-state index < -0.39 is 0 Å². The number of rotatable bonds is 2. The molecule has 2 heterocycles. The van der Waals surface area contributed by atoms with Crippen LogP contribution >= 0.6 is 11.6 Å². The first-order chi connectivity index (χ1) is 8.33. The molecule has 4 nitrogen and oxygen atoms in total. The lowest BCUT2D eigenvalue weighted by Gasteiger charge is -2.21. The summed E-state index contributed by atoms with van der Waals surface area (Å²) >= 11 is 5.98. The molecule has 0 saturated heterocycles. The van der Waals surface area contributed by atoms with E-state index in [2.05, 4.69) is 20.6 Å². The van der Waals surface area contributed by atoms with Gasteiger partial charge in [-0.3, -0.25) is 0 Å². The zero-order valence-corrected chi connectivity index (χ0v) is 10.6. The third-order valence-corrected chi connectivity index (χ3v) is 3.77. The third-order valence-electron chi connectivity index (χ3n) is 3.60. The minimum atomic E-state index is 0.367. The van der Waals surface area contributed by atoms with E-state index in [1.54, 1.807) is 0 Å². The van der Waals surface area contributed by atoms with Crippen LogP contribution < -0.4 is 10.6 Å². The second-order valence-electron chi connectivity index (χ2n) is 4.82. The standard InChI is InChI=1S/C12H17ClN4/c13-12-16-10-5-6-14-7-9(10)11(17-12)15-8-3-1-2-4-8/h8,14H,1-7H2,(H,15,16,17). The van der Waals surface area contributed by atoms with Gasteiger partial charge in [0, 0.05) is 31.1 Å². The van der Waals surface area contributed by atoms with Gasteiger partial charge in [-0.1, -0.05) is 12.8 Å². The van der Waals surface area contributed by atoms with Crippen molar-refractivity contribution < 1.29 is 0 Å². The quantitative estimate of drug-likeness (QED) is 0.792. The van der Waals surface area contributed by atoms with E-state index in [4.69, 9.17) is 11.6 Å². The summed E-state index contributed by atoms with van der Waals surface area (Å²) in [6.45, 7) is 1.82. The highest BCUT2D eigenvalue weighted by Gasteiger charge is 2.21. The monoisotopic (exact) mass is 252 g/mol. The van der Waals surface area contributed by atoms with Crippen LogP contribution in [0.1, 0.15) is 36.9 Å². The Balaban J connectivity index is 1.88. The van der Waals surface area contributed by atoms with Gasteiger partial charge in [-0.25, -0.2) is 9.97 Å². The third kappa shape index (κ3) is 2.38. The van der Waals surface area contributed by atoms with Gasteiger partial charge < -0.3 is 10.6 Å². The molecule has 1 fully saturated rings. The van der Waals surface area contributed by atoms with E-state index in [1.165, 1.54) is 31.2 Å². The molecular weight excluding hydrogens is 236 g/mol. The molecule has 0 amide bonds. The Hall–Kier alpha value is -0.870. The van der Waals surface area contributed by atoms with Crippen LogP contribution in [0, 0.1) is 0 Å². The minimum Gasteiger partial charge on any atom is -0.367 e. The van der Waals surface area contributed by atoms with E-state index in [9.17, 15) is 0 Å². The molecule has 1 aromatic rings. The number of nitrogens with one attached hydrogen (secondary N) is 2. The van der Waals surface area contributed by atoms with Crippen LogP contribution in [0.15, 0.2) is 0 Å². The Morgan fingerprint density at radius 3 is 2.88 bits per heavy atom. The molecular formula is C12H17ClN4. The molecule has 1 aromatic heterocycles. The molecule has 17 heavy (non-hydrogen) atoms. The van der Waals surface area contributed by atoms with Crippen LogP contribution in [0.4, 0.5) is 5.82 Å². The fourth-order valence-electron chi connectivity index (χ4n) is 2.70. The van der Waals surface area contributed by atoms with E-state index in [0.717, 1.165) is 31.0 Å². The molecule has 0 atom stereocenters. The van der Waals surface area contributed by atoms with Gasteiger partial charge in [-0.05, 0) is 24.4 Å². The lowest BCUT2D eigenvalue weighted by molar-refractivity contribution is 0.624. The van der Waals surface area contributed by atoms with E-state index in [0.29, 0.717) is 11.3 Å². The number of halogens is 1. The number of hydrogen-bond donors (Lipinski definition) is 2. The molecule has 2 N–H and O–H groups in total. The topological polar surface area (TPSA) is 49.8 Å². The van der Waals surface area contributed by atoms with Crippen LogP contribution in [0.3, 0.4) is 0 Å². The summed E-state index contributed by atoms with van der Waals surface area (Å²) in [5.74, 6) is 0.944. The lowest BCUT2D eigenvalue weighted by atomic mass is 10.1. The van der Waals surface area contributed by atoms with E-state index >= 15 is 0 Å². The summed E-state index contributed by atoms with van der Waals surface area (Å²) in [6.07, 6.45) is 6.05. The highest BCUT2D eigenvalue weighted by atomic mass is 35.5. The molecule has 0 unspecified atom stereocenters. The van der Waals surface area contributed by atoms with Crippen molar-refractivity contribution in [3.63, 3.8) is 0 Å². The second kappa shape index (κ2) is 4.78. The first-order valence-electron chi connectivity index (χ1n) is 6.35. The van der Waals surface area contributed by atoms with Crippen LogP contribution in [0.25, 0.3) is 0 Å². The maximum absolute atomic E-state index is 5.98. The van der Waals surface area contributed by atoms with Crippen molar-refractivity contribution in [1.29, 1.82) is 0 Å². The molecule has 0 spiro atoms. The van der Waals surface area contributed by atoms with Gasteiger partial charge in [-0.15, -0.1) is 0 Å². The molecule has 3 rings (SSSR count). The van der Waals surface area contributed by atoms with Crippen LogP contribution in [0.5, 0.6) is 0 Å². The SMILES string of the molecule is Clc1nc2c(c(NC3CCCC3)n1)CNCC2. The summed E-state index contributed by atoms with van der Waals surface area (Å²) in [6, 6.07) is 0.562. The van der Waals surface area contributed by atoms with Crippen LogP contribution in [-0.4, -0.2) is 22.6 Å². The van der Waals surface area contributed by atoms with Crippen LogP contribution in [0.2, 0.25) is 5.28 Å². The van der Waals surface area contributed by atoms with Gasteiger partial charge in [0.05, 0.1) is 5.69 Å². The van der Waals surface area contributed by atoms with E-state index in [1.807, 2.05) is 0 Å². The fraction of sp³-hybridized carbons (Fsp3) is 0.667. The van der Waals surface area contributed by atoms with Crippen molar-refractivity contribution in [3.8, 4) is 0 Å². The van der Waals surface area contributed by atoms with Crippen molar-refractivity contribution in [2.45, 2.75) is 44.7 Å². The van der Waals surface area contributed by atoms with Gasteiger partial charge in [-0.2, -0.15) is 0 Å². The van der Waals surface area contributed by atoms with Crippen molar-refractivity contribution in [2.24, 2.45) is 0 Å². The second-order valence-corrected chi connectivity index (χ2v) is 5.16. The molecule has 2 aliphatic rings. The minimum absolute atomic E-state index is 0.367. The summed E-state index contributed by atoms with van der Waals surface area (Å²) in [4.78, 5) is 8.68. The Kier molecular flexibility index (Phi) is 3.16. The molecule has 1 aliphatic carbocycles. The summed E-state index contributed by atoms with van der Waals surface area (Å²) in [7, 11) is 0. The summed E-state index contributed by atoms with van der Waals surface area (Å²) < 4.78 is 0. The summed E-state index contributed by atoms with van der Waals surface area (Å²) in [5, 5.41) is 7.26. The zero-order valence-electron chi connectivity index (χ0n) is 9.80. The Labute approximate surface area is 106 Å². The van der Waals surface area contributed by atoms with Crippen molar-refractivity contribution in [2.75, 3.05) is 11.9 Å². The Morgan fingerprint density at radius 1 is 1.24 bits per heavy atom. The van der Waals surface area contributed by atoms with Gasteiger partial charge >= 0.3 is 0 Å². The van der Waals surface area contributed by atoms with E-state index in [-0.39, 0.29) is 0 Å². The maximum Gasteiger partial charge on any atom is 0.224 e. The zero-order chi connectivity index (χ0) is 11.7. The molecule has 5 heteroatoms. The number of anilines is 1. The van der Waals surface area contributed by atoms with Crippen molar-refractivity contribution >= 4 is 17.4 Å². The molecule has 1 saturated carbocycles. The van der Waals surface area contributed by atoms with Gasteiger partial charge in [0.25, 0.3) is 0 Å². The predicted octanol–water partition coefficient (Wildman–Crippen LogP) is 2.13. The molecule has 0 aromatic carbocycles. The first-order valence-corrected chi connectivity index (χ1v) is 6.73. The molecule has 92 valence electrons. The van der Waals surface area contributed by atoms with Crippen molar-refractivity contribution in [3.05, 3.63) is 16.5 Å². The van der Waals surface area contributed by atoms with Crippen molar-refractivity contribution in [1.82, 2.24) is 15.3 Å². The molecule has 0 bridgehead atoms. The number of fused-ring (bicyclic) bond motifs is 1. The number of hydrogen-bond acceptors (Lipinski definition) is 4. The van der Waals surface area contributed by atoms with Crippen LogP contribution in [-0.2, 0) is 13.0 Å². The Morgan fingerprint density at radius 2 is 2.06 bits per heavy atom. The molecule has 0 radical (unpaired) electrons. The fourth-order valence-corrected chi connectivity index (χ4v) is 2.88. The highest BCUT2D eigenvalue weighted by molar-refractivity contribution is 6.28. The smallest absolute Gasteiger partial charge is 0.224 e. The predicted molar refractivity (Wildman–Crippen MR) is 68.3 cm³/mol.